The normalized spacial score (nSPS) is 11.8. The molecule has 0 radical (unpaired) electrons. The summed E-state index contributed by atoms with van der Waals surface area (Å²) in [6, 6.07) is 20.1. The number of aryl methyl sites for hydroxylation is 2. The number of benzene rings is 3. The van der Waals surface area contributed by atoms with Gasteiger partial charge in [-0.15, -0.1) is 0 Å². The number of nitrogens with one attached hydrogen (secondary N) is 1. The van der Waals surface area contributed by atoms with E-state index in [1.165, 1.54) is 16.9 Å². The van der Waals surface area contributed by atoms with E-state index in [0.717, 1.165) is 32.4 Å². The van der Waals surface area contributed by atoms with Crippen LogP contribution in [0.15, 0.2) is 70.5 Å². The Morgan fingerprint density at radius 2 is 1.90 bits per heavy atom. The van der Waals surface area contributed by atoms with Gasteiger partial charge in [-0.1, -0.05) is 53.8 Å². The Balaban J connectivity index is 1.57. The second-order valence-corrected chi connectivity index (χ2v) is 8.02. The lowest BCUT2D eigenvalue weighted by atomic mass is 10.1. The number of thiazole rings is 1. The molecule has 1 N–H and O–H groups in total. The van der Waals surface area contributed by atoms with Crippen molar-refractivity contribution in [3.8, 4) is 5.69 Å². The van der Waals surface area contributed by atoms with Gasteiger partial charge in [-0.3, -0.25) is 9.89 Å². The molecule has 29 heavy (non-hydrogen) atoms. The van der Waals surface area contributed by atoms with Crippen molar-refractivity contribution in [2.75, 3.05) is 0 Å². The molecule has 5 nitrogen and oxygen atoms in total. The van der Waals surface area contributed by atoms with Crippen molar-refractivity contribution in [2.45, 2.75) is 13.8 Å². The zero-order valence-corrected chi connectivity index (χ0v) is 16.8. The van der Waals surface area contributed by atoms with Crippen molar-refractivity contribution in [2.24, 2.45) is 4.99 Å². The fourth-order valence-electron chi connectivity index (χ4n) is 3.48. The molecule has 5 aromatic rings. The minimum absolute atomic E-state index is 0.125. The van der Waals surface area contributed by atoms with E-state index < -0.39 is 0 Å². The molecule has 0 fully saturated rings. The number of aliphatic imine (C=N–C) groups is 1. The molecule has 0 saturated heterocycles. The van der Waals surface area contributed by atoms with Crippen LogP contribution in [0.25, 0.3) is 26.7 Å². The number of aromatic nitrogens is 3. The molecule has 0 unspecified atom stereocenters. The van der Waals surface area contributed by atoms with Crippen LogP contribution >= 0.6 is 11.3 Å². The number of rotatable bonds is 3. The average molecular weight is 398 g/mol. The third kappa shape index (κ3) is 3.07. The topological polar surface area (TPSA) is 63.0 Å². The lowest BCUT2D eigenvalue weighted by molar-refractivity contribution is 0.841. The highest BCUT2D eigenvalue weighted by Gasteiger charge is 2.13. The standard InChI is InChI=1S/C23H18N4OS/c1-14-10-11-19-21(12-14)29-23(25-19)24-13-18-15(2)26-27(22(18)28)20-9-5-7-16-6-3-4-8-17(16)20/h3-13,26H,1-2H3. The molecule has 0 spiro atoms. The van der Waals surface area contributed by atoms with Gasteiger partial charge >= 0.3 is 0 Å². The van der Waals surface area contributed by atoms with Gasteiger partial charge in [-0.25, -0.2) is 14.7 Å². The van der Waals surface area contributed by atoms with E-state index in [0.29, 0.717) is 10.7 Å². The first-order valence-corrected chi connectivity index (χ1v) is 10.1. The lowest BCUT2D eigenvalue weighted by Gasteiger charge is -2.06. The Morgan fingerprint density at radius 3 is 2.79 bits per heavy atom. The largest absolute Gasteiger partial charge is 0.295 e. The summed E-state index contributed by atoms with van der Waals surface area (Å²) in [5.74, 6) is 0. The van der Waals surface area contributed by atoms with Crippen LogP contribution < -0.4 is 5.56 Å². The summed E-state index contributed by atoms with van der Waals surface area (Å²) in [6.07, 6.45) is 1.61. The highest BCUT2D eigenvalue weighted by Crippen LogP contribution is 2.28. The highest BCUT2D eigenvalue weighted by molar-refractivity contribution is 7.22. The van der Waals surface area contributed by atoms with Crippen molar-refractivity contribution >= 4 is 43.7 Å². The number of fused-ring (bicyclic) bond motifs is 2. The summed E-state index contributed by atoms with van der Waals surface area (Å²) in [6.45, 7) is 3.94. The summed E-state index contributed by atoms with van der Waals surface area (Å²) in [7, 11) is 0. The number of hydrogen-bond donors (Lipinski definition) is 1. The molecule has 5 rings (SSSR count). The van der Waals surface area contributed by atoms with Gasteiger partial charge in [0.2, 0.25) is 5.13 Å². The SMILES string of the molecule is Cc1ccc2nc(N=Cc3c(C)[nH]n(-c4cccc5ccccc45)c3=O)sc2c1. The Kier molecular flexibility index (Phi) is 4.14. The van der Waals surface area contributed by atoms with Gasteiger partial charge in [0.05, 0.1) is 21.5 Å². The Labute approximate surface area is 171 Å². The van der Waals surface area contributed by atoms with Gasteiger partial charge in [-0.2, -0.15) is 0 Å². The molecule has 0 aliphatic heterocycles. The molecule has 6 heteroatoms. The van der Waals surface area contributed by atoms with Crippen molar-refractivity contribution in [3.05, 3.63) is 87.8 Å². The fraction of sp³-hybridized carbons (Fsp3) is 0.0870. The van der Waals surface area contributed by atoms with Crippen LogP contribution in [0.3, 0.4) is 0 Å². The zero-order chi connectivity index (χ0) is 20.0. The molecule has 0 aliphatic carbocycles. The summed E-state index contributed by atoms with van der Waals surface area (Å²) in [5.41, 5.74) is 4.12. The Morgan fingerprint density at radius 1 is 1.07 bits per heavy atom. The summed E-state index contributed by atoms with van der Waals surface area (Å²) < 4.78 is 2.68. The van der Waals surface area contributed by atoms with Gasteiger partial charge in [0, 0.05) is 17.3 Å². The van der Waals surface area contributed by atoms with Crippen LogP contribution in [0.2, 0.25) is 0 Å². The maximum atomic E-state index is 13.1. The van der Waals surface area contributed by atoms with Gasteiger partial charge in [0.15, 0.2) is 0 Å². The summed E-state index contributed by atoms with van der Waals surface area (Å²) >= 11 is 1.52. The molecule has 2 aromatic heterocycles. The Hall–Kier alpha value is -3.51. The van der Waals surface area contributed by atoms with E-state index in [1.807, 2.05) is 61.5 Å². The molecular formula is C23H18N4OS. The highest BCUT2D eigenvalue weighted by atomic mass is 32.1. The van der Waals surface area contributed by atoms with E-state index in [2.05, 4.69) is 28.1 Å². The molecule has 0 aliphatic rings. The smallest absolute Gasteiger partial charge is 0.280 e. The van der Waals surface area contributed by atoms with Gasteiger partial charge in [0.25, 0.3) is 5.56 Å². The second kappa shape index (κ2) is 6.83. The van der Waals surface area contributed by atoms with E-state index in [-0.39, 0.29) is 5.56 Å². The van der Waals surface area contributed by atoms with Gasteiger partial charge in [-0.05, 0) is 43.0 Å². The molecule has 0 bridgehead atoms. The quantitative estimate of drug-likeness (QED) is 0.419. The van der Waals surface area contributed by atoms with E-state index in [4.69, 9.17) is 0 Å². The van der Waals surface area contributed by atoms with E-state index in [9.17, 15) is 4.79 Å². The third-order valence-corrected chi connectivity index (χ3v) is 5.89. The van der Waals surface area contributed by atoms with Crippen LogP contribution in [-0.2, 0) is 0 Å². The molecule has 0 atom stereocenters. The van der Waals surface area contributed by atoms with Crippen LogP contribution in [0.5, 0.6) is 0 Å². The molecule has 0 saturated carbocycles. The molecule has 142 valence electrons. The fourth-order valence-corrected chi connectivity index (χ4v) is 4.39. The second-order valence-electron chi connectivity index (χ2n) is 7.02. The monoisotopic (exact) mass is 398 g/mol. The maximum Gasteiger partial charge on any atom is 0.280 e. The predicted octanol–water partition coefficient (Wildman–Crippen LogP) is 5.30. The van der Waals surface area contributed by atoms with Crippen molar-refractivity contribution in [1.29, 1.82) is 0 Å². The minimum Gasteiger partial charge on any atom is -0.295 e. The van der Waals surface area contributed by atoms with Crippen molar-refractivity contribution in [1.82, 2.24) is 14.8 Å². The van der Waals surface area contributed by atoms with Crippen LogP contribution in [0.1, 0.15) is 16.8 Å². The predicted molar refractivity (Wildman–Crippen MR) is 120 cm³/mol. The zero-order valence-electron chi connectivity index (χ0n) is 16.0. The third-order valence-electron chi connectivity index (χ3n) is 4.96. The van der Waals surface area contributed by atoms with Crippen LogP contribution in [0.4, 0.5) is 5.13 Å². The number of hydrogen-bond acceptors (Lipinski definition) is 4. The molecular weight excluding hydrogens is 380 g/mol. The lowest BCUT2D eigenvalue weighted by Crippen LogP contribution is -2.17. The van der Waals surface area contributed by atoms with Gasteiger partial charge < -0.3 is 0 Å². The van der Waals surface area contributed by atoms with Crippen LogP contribution in [-0.4, -0.2) is 21.0 Å². The first kappa shape index (κ1) is 17.6. The first-order chi connectivity index (χ1) is 14.1. The van der Waals surface area contributed by atoms with Gasteiger partial charge in [0.1, 0.15) is 0 Å². The Bertz CT molecular complexity index is 1450. The van der Waals surface area contributed by atoms with E-state index in [1.54, 1.807) is 10.9 Å². The van der Waals surface area contributed by atoms with Crippen molar-refractivity contribution < 1.29 is 0 Å². The summed E-state index contributed by atoms with van der Waals surface area (Å²) in [4.78, 5) is 22.1. The van der Waals surface area contributed by atoms with Crippen LogP contribution in [0, 0.1) is 13.8 Å². The number of aromatic amines is 1. The number of H-pyrrole nitrogens is 1. The first-order valence-electron chi connectivity index (χ1n) is 9.31. The number of nitrogens with zero attached hydrogens (tertiary/aromatic N) is 3. The van der Waals surface area contributed by atoms with Crippen molar-refractivity contribution in [3.63, 3.8) is 0 Å². The average Bonchev–Trinajstić information content (AvgIpc) is 3.25. The molecule has 2 heterocycles. The maximum absolute atomic E-state index is 13.1. The van der Waals surface area contributed by atoms with E-state index >= 15 is 0 Å². The minimum atomic E-state index is -0.125. The molecule has 0 amide bonds. The molecule has 3 aromatic carbocycles. The summed E-state index contributed by atoms with van der Waals surface area (Å²) in [5, 5.41) is 5.93.